The summed E-state index contributed by atoms with van der Waals surface area (Å²) in [7, 11) is 0. The number of hydrogen-bond donors (Lipinski definition) is 1. The Hall–Kier alpha value is -1.91. The number of carbonyl (C=O) groups is 1. The number of ether oxygens (including phenoxy) is 1. The first kappa shape index (κ1) is 12.5. The fraction of sp³-hybridized carbons (Fsp3) is 0.462. The summed E-state index contributed by atoms with van der Waals surface area (Å²) in [6.07, 6.45) is 3.25. The first-order valence-electron chi connectivity index (χ1n) is 6.10. The Bertz CT molecular complexity index is 425. The van der Waals surface area contributed by atoms with Crippen LogP contribution in [0, 0.1) is 0 Å². The van der Waals surface area contributed by atoms with Crippen molar-refractivity contribution in [3.05, 3.63) is 35.9 Å². The summed E-state index contributed by atoms with van der Waals surface area (Å²) in [6, 6.07) is 9.58. The predicted octanol–water partition coefficient (Wildman–Crippen LogP) is 2.37. The van der Waals surface area contributed by atoms with Gasteiger partial charge in [-0.2, -0.15) is 5.11 Å². The summed E-state index contributed by atoms with van der Waals surface area (Å²) in [6.45, 7) is 0.265. The monoisotopic (exact) mass is 247 g/mol. The van der Waals surface area contributed by atoms with Crippen LogP contribution in [0.4, 0.5) is 0 Å². The highest BCUT2D eigenvalue weighted by Gasteiger charge is 2.43. The van der Waals surface area contributed by atoms with Gasteiger partial charge in [-0.1, -0.05) is 48.4 Å². The second kappa shape index (κ2) is 5.62. The van der Waals surface area contributed by atoms with E-state index in [0.717, 1.165) is 18.4 Å². The Morgan fingerprint density at radius 1 is 1.28 bits per heavy atom. The lowest BCUT2D eigenvalue weighted by molar-refractivity contribution is -0.151. The van der Waals surface area contributed by atoms with E-state index < -0.39 is 5.54 Å². The maximum absolute atomic E-state index is 12.1. The zero-order valence-corrected chi connectivity index (χ0v) is 10.2. The van der Waals surface area contributed by atoms with Crippen LogP contribution in [-0.4, -0.2) is 11.5 Å². The second-order valence-electron chi connectivity index (χ2n) is 4.52. The average molecular weight is 247 g/mol. The van der Waals surface area contributed by atoms with E-state index in [1.807, 2.05) is 30.3 Å². The van der Waals surface area contributed by atoms with Crippen LogP contribution in [0.25, 0.3) is 0 Å². The molecule has 0 heterocycles. The molecule has 1 aliphatic carbocycles. The van der Waals surface area contributed by atoms with Gasteiger partial charge in [0.25, 0.3) is 0 Å². The van der Waals surface area contributed by atoms with Crippen molar-refractivity contribution in [1.82, 2.24) is 0 Å². The van der Waals surface area contributed by atoms with E-state index in [-0.39, 0.29) is 12.6 Å². The average Bonchev–Trinajstić information content (AvgIpc) is 2.87. The lowest BCUT2D eigenvalue weighted by Crippen LogP contribution is -2.35. The highest BCUT2D eigenvalue weighted by Crippen LogP contribution is 2.34. The lowest BCUT2D eigenvalue weighted by Gasteiger charge is -2.20. The fourth-order valence-corrected chi connectivity index (χ4v) is 2.27. The van der Waals surface area contributed by atoms with Gasteiger partial charge in [-0.05, 0) is 18.4 Å². The maximum atomic E-state index is 12.1. The number of nitrogens with two attached hydrogens (primary N) is 1. The van der Waals surface area contributed by atoms with Crippen LogP contribution < -0.4 is 5.84 Å². The number of esters is 1. The summed E-state index contributed by atoms with van der Waals surface area (Å²) < 4.78 is 5.32. The van der Waals surface area contributed by atoms with E-state index in [2.05, 4.69) is 10.3 Å². The van der Waals surface area contributed by atoms with Gasteiger partial charge in [0.2, 0.25) is 0 Å². The van der Waals surface area contributed by atoms with Gasteiger partial charge in [0.15, 0.2) is 5.54 Å². The lowest BCUT2D eigenvalue weighted by atomic mass is 9.99. The molecule has 1 aromatic carbocycles. The number of benzene rings is 1. The summed E-state index contributed by atoms with van der Waals surface area (Å²) in [4.78, 5) is 12.1. The molecule has 0 unspecified atom stereocenters. The Balaban J connectivity index is 1.98. The van der Waals surface area contributed by atoms with Crippen LogP contribution in [0.5, 0.6) is 0 Å². The molecule has 0 aliphatic heterocycles. The van der Waals surface area contributed by atoms with Crippen LogP contribution in [-0.2, 0) is 16.1 Å². The van der Waals surface area contributed by atoms with E-state index in [0.29, 0.717) is 12.8 Å². The van der Waals surface area contributed by atoms with Crippen molar-refractivity contribution in [3.63, 3.8) is 0 Å². The van der Waals surface area contributed by atoms with Crippen molar-refractivity contribution in [1.29, 1.82) is 0 Å². The van der Waals surface area contributed by atoms with Crippen LogP contribution in [0.15, 0.2) is 40.7 Å². The molecule has 5 heteroatoms. The maximum Gasteiger partial charge on any atom is 0.336 e. The molecule has 0 atom stereocenters. The van der Waals surface area contributed by atoms with E-state index in [1.54, 1.807) is 0 Å². The van der Waals surface area contributed by atoms with Crippen molar-refractivity contribution in [2.45, 2.75) is 37.8 Å². The van der Waals surface area contributed by atoms with Gasteiger partial charge >= 0.3 is 5.97 Å². The smallest absolute Gasteiger partial charge is 0.336 e. The molecule has 0 amide bonds. The molecule has 0 aromatic heterocycles. The Morgan fingerprint density at radius 3 is 2.56 bits per heavy atom. The van der Waals surface area contributed by atoms with Gasteiger partial charge < -0.3 is 10.6 Å². The third-order valence-corrected chi connectivity index (χ3v) is 3.27. The summed E-state index contributed by atoms with van der Waals surface area (Å²) in [5, 5.41) is 7.19. The van der Waals surface area contributed by atoms with E-state index >= 15 is 0 Å². The number of carbonyl (C=O) groups excluding carboxylic acids is 1. The summed E-state index contributed by atoms with van der Waals surface area (Å²) >= 11 is 0. The molecule has 1 fully saturated rings. The summed E-state index contributed by atoms with van der Waals surface area (Å²) in [5.74, 6) is 4.77. The minimum atomic E-state index is -0.844. The predicted molar refractivity (Wildman–Crippen MR) is 66.5 cm³/mol. The molecule has 96 valence electrons. The van der Waals surface area contributed by atoms with Gasteiger partial charge in [-0.15, -0.1) is 0 Å². The minimum Gasteiger partial charge on any atom is -0.459 e. The molecular weight excluding hydrogens is 230 g/mol. The van der Waals surface area contributed by atoms with E-state index in [1.165, 1.54) is 0 Å². The normalized spacial score (nSPS) is 18.0. The second-order valence-corrected chi connectivity index (χ2v) is 4.52. The molecule has 0 saturated heterocycles. The molecule has 0 bridgehead atoms. The fourth-order valence-electron chi connectivity index (χ4n) is 2.27. The van der Waals surface area contributed by atoms with Gasteiger partial charge in [0, 0.05) is 0 Å². The van der Waals surface area contributed by atoms with Gasteiger partial charge in [-0.25, -0.2) is 4.79 Å². The van der Waals surface area contributed by atoms with Crippen molar-refractivity contribution in [3.8, 4) is 0 Å². The largest absolute Gasteiger partial charge is 0.459 e. The third-order valence-electron chi connectivity index (χ3n) is 3.27. The van der Waals surface area contributed by atoms with Gasteiger partial charge in [0.05, 0.1) is 0 Å². The van der Waals surface area contributed by atoms with Crippen molar-refractivity contribution in [2.24, 2.45) is 16.2 Å². The molecular formula is C13H17N3O2. The van der Waals surface area contributed by atoms with Crippen LogP contribution >= 0.6 is 0 Å². The standard InChI is InChI=1S/C13H17N3O2/c14-16-15-13(8-4-5-9-13)12(17)18-10-11-6-2-1-3-7-11/h1-3,6-7H,4-5,8-10H2,(H2,14,15). The molecule has 0 spiro atoms. The topological polar surface area (TPSA) is 77.0 Å². The zero-order chi connectivity index (χ0) is 12.8. The molecule has 1 aliphatic rings. The molecule has 18 heavy (non-hydrogen) atoms. The van der Waals surface area contributed by atoms with E-state index in [9.17, 15) is 4.79 Å². The Morgan fingerprint density at radius 2 is 1.94 bits per heavy atom. The molecule has 2 rings (SSSR count). The number of nitrogens with zero attached hydrogens (tertiary/aromatic N) is 2. The first-order chi connectivity index (χ1) is 8.77. The van der Waals surface area contributed by atoms with E-state index in [4.69, 9.17) is 10.6 Å². The highest BCUT2D eigenvalue weighted by molar-refractivity contribution is 5.81. The van der Waals surface area contributed by atoms with Gasteiger partial charge in [0.1, 0.15) is 6.61 Å². The molecule has 1 saturated carbocycles. The number of rotatable bonds is 4. The Labute approximate surface area is 106 Å². The SMILES string of the molecule is NN=NC1(C(=O)OCc2ccccc2)CCCC1. The van der Waals surface area contributed by atoms with Crippen LogP contribution in [0.2, 0.25) is 0 Å². The Kier molecular flexibility index (Phi) is 3.92. The van der Waals surface area contributed by atoms with Crippen LogP contribution in [0.1, 0.15) is 31.2 Å². The molecule has 5 nitrogen and oxygen atoms in total. The van der Waals surface area contributed by atoms with Crippen molar-refractivity contribution < 1.29 is 9.53 Å². The third kappa shape index (κ3) is 2.67. The number of hydrogen-bond acceptors (Lipinski definition) is 4. The first-order valence-corrected chi connectivity index (χ1v) is 6.10. The molecule has 1 aromatic rings. The highest BCUT2D eigenvalue weighted by atomic mass is 16.5. The van der Waals surface area contributed by atoms with Gasteiger partial charge in [-0.3, -0.25) is 0 Å². The van der Waals surface area contributed by atoms with Crippen molar-refractivity contribution >= 4 is 5.97 Å². The molecule has 0 radical (unpaired) electrons. The van der Waals surface area contributed by atoms with Crippen LogP contribution in [0.3, 0.4) is 0 Å². The minimum absolute atomic E-state index is 0.265. The zero-order valence-electron chi connectivity index (χ0n) is 10.2. The van der Waals surface area contributed by atoms with Crippen molar-refractivity contribution in [2.75, 3.05) is 0 Å². The summed E-state index contributed by atoms with van der Waals surface area (Å²) in [5.41, 5.74) is 0.118. The quantitative estimate of drug-likeness (QED) is 0.384. The molecule has 2 N–H and O–H groups in total.